The fraction of sp³-hybridized carbons (Fsp3) is 0.312. The van der Waals surface area contributed by atoms with E-state index in [9.17, 15) is 4.79 Å². The molecule has 114 valence electrons. The number of nitrogens with one attached hydrogen (secondary N) is 1. The molecule has 0 unspecified atom stereocenters. The SMILES string of the molecule is O=C(N/N=C\c1ccc(N2CCCCC2)s1)c1ccncc1. The Morgan fingerprint density at radius 3 is 2.73 bits per heavy atom. The number of piperidine rings is 1. The summed E-state index contributed by atoms with van der Waals surface area (Å²) in [6, 6.07) is 7.48. The van der Waals surface area contributed by atoms with Crippen molar-refractivity contribution in [1.82, 2.24) is 10.4 Å². The monoisotopic (exact) mass is 314 g/mol. The first-order valence-electron chi connectivity index (χ1n) is 7.41. The van der Waals surface area contributed by atoms with Crippen molar-refractivity contribution in [3.8, 4) is 0 Å². The van der Waals surface area contributed by atoms with Crippen molar-refractivity contribution in [2.24, 2.45) is 5.10 Å². The summed E-state index contributed by atoms with van der Waals surface area (Å²) in [5, 5.41) is 5.30. The average molecular weight is 314 g/mol. The van der Waals surface area contributed by atoms with Crippen LogP contribution in [0.15, 0.2) is 41.8 Å². The second-order valence-electron chi connectivity index (χ2n) is 5.16. The lowest BCUT2D eigenvalue weighted by Crippen LogP contribution is -2.28. The molecule has 2 aromatic rings. The summed E-state index contributed by atoms with van der Waals surface area (Å²) in [5.74, 6) is -0.230. The van der Waals surface area contributed by atoms with Gasteiger partial charge in [0.05, 0.1) is 11.2 Å². The van der Waals surface area contributed by atoms with E-state index in [0.717, 1.165) is 18.0 Å². The van der Waals surface area contributed by atoms with E-state index >= 15 is 0 Å². The van der Waals surface area contributed by atoms with Crippen LogP contribution in [0.4, 0.5) is 5.00 Å². The minimum absolute atomic E-state index is 0.230. The van der Waals surface area contributed by atoms with Crippen LogP contribution in [-0.4, -0.2) is 30.2 Å². The highest BCUT2D eigenvalue weighted by atomic mass is 32.1. The average Bonchev–Trinajstić information content (AvgIpc) is 3.05. The van der Waals surface area contributed by atoms with Gasteiger partial charge in [-0.05, 0) is 43.5 Å². The largest absolute Gasteiger partial charge is 0.363 e. The molecule has 0 radical (unpaired) electrons. The maximum Gasteiger partial charge on any atom is 0.271 e. The summed E-state index contributed by atoms with van der Waals surface area (Å²) in [6.07, 6.45) is 8.73. The second kappa shape index (κ2) is 7.17. The lowest BCUT2D eigenvalue weighted by atomic mass is 10.1. The first-order chi connectivity index (χ1) is 10.8. The number of hydrazone groups is 1. The molecular weight excluding hydrogens is 296 g/mol. The molecule has 1 fully saturated rings. The van der Waals surface area contributed by atoms with E-state index in [0.29, 0.717) is 5.56 Å². The van der Waals surface area contributed by atoms with Crippen LogP contribution < -0.4 is 10.3 Å². The summed E-state index contributed by atoms with van der Waals surface area (Å²) in [6.45, 7) is 2.27. The Bertz CT molecular complexity index is 647. The molecule has 1 aliphatic rings. The maximum absolute atomic E-state index is 11.8. The van der Waals surface area contributed by atoms with Crippen LogP contribution in [0, 0.1) is 0 Å². The van der Waals surface area contributed by atoms with Crippen LogP contribution in [0.2, 0.25) is 0 Å². The molecule has 3 rings (SSSR count). The predicted octanol–water partition coefficient (Wildman–Crippen LogP) is 2.90. The van der Waals surface area contributed by atoms with Gasteiger partial charge in [-0.2, -0.15) is 5.10 Å². The number of nitrogens with zero attached hydrogens (tertiary/aromatic N) is 3. The van der Waals surface area contributed by atoms with Gasteiger partial charge in [0, 0.05) is 35.9 Å². The first-order valence-corrected chi connectivity index (χ1v) is 8.23. The van der Waals surface area contributed by atoms with Gasteiger partial charge in [0.15, 0.2) is 0 Å². The van der Waals surface area contributed by atoms with E-state index in [2.05, 4.69) is 26.5 Å². The number of amides is 1. The summed E-state index contributed by atoms with van der Waals surface area (Å²) in [7, 11) is 0. The number of anilines is 1. The number of aromatic nitrogens is 1. The molecule has 1 amide bonds. The van der Waals surface area contributed by atoms with Gasteiger partial charge in [-0.15, -0.1) is 11.3 Å². The summed E-state index contributed by atoms with van der Waals surface area (Å²) in [4.78, 5) is 19.2. The Balaban J connectivity index is 1.57. The molecule has 0 spiro atoms. The number of carbonyl (C=O) groups excluding carboxylic acids is 1. The molecule has 22 heavy (non-hydrogen) atoms. The molecule has 6 heteroatoms. The first kappa shape index (κ1) is 14.7. The van der Waals surface area contributed by atoms with Crippen molar-refractivity contribution in [1.29, 1.82) is 0 Å². The predicted molar refractivity (Wildman–Crippen MR) is 89.7 cm³/mol. The highest BCUT2D eigenvalue weighted by molar-refractivity contribution is 7.17. The number of rotatable bonds is 4. The van der Waals surface area contributed by atoms with Gasteiger partial charge in [0.1, 0.15) is 0 Å². The molecule has 0 aromatic carbocycles. The Kier molecular flexibility index (Phi) is 4.80. The third-order valence-electron chi connectivity index (χ3n) is 3.58. The van der Waals surface area contributed by atoms with Gasteiger partial charge in [0.25, 0.3) is 5.91 Å². The van der Waals surface area contributed by atoms with Crippen molar-refractivity contribution in [3.63, 3.8) is 0 Å². The molecule has 2 aromatic heterocycles. The van der Waals surface area contributed by atoms with Crippen LogP contribution in [0.5, 0.6) is 0 Å². The molecule has 3 heterocycles. The fourth-order valence-corrected chi connectivity index (χ4v) is 3.35. The number of carbonyl (C=O) groups is 1. The molecule has 1 N–H and O–H groups in total. The van der Waals surface area contributed by atoms with E-state index in [1.807, 2.05) is 6.07 Å². The van der Waals surface area contributed by atoms with Gasteiger partial charge in [-0.3, -0.25) is 9.78 Å². The lowest BCUT2D eigenvalue weighted by molar-refractivity contribution is 0.0955. The van der Waals surface area contributed by atoms with Gasteiger partial charge < -0.3 is 4.90 Å². The molecular formula is C16H18N4OS. The van der Waals surface area contributed by atoms with Gasteiger partial charge in [-0.25, -0.2) is 5.43 Å². The maximum atomic E-state index is 11.8. The lowest BCUT2D eigenvalue weighted by Gasteiger charge is -2.27. The van der Waals surface area contributed by atoms with Crippen LogP contribution >= 0.6 is 11.3 Å². The van der Waals surface area contributed by atoms with E-state index in [1.54, 1.807) is 42.1 Å². The quantitative estimate of drug-likeness (QED) is 0.697. The number of thiophene rings is 1. The van der Waals surface area contributed by atoms with Crippen molar-refractivity contribution in [2.45, 2.75) is 19.3 Å². The zero-order chi connectivity index (χ0) is 15.2. The smallest absolute Gasteiger partial charge is 0.271 e. The van der Waals surface area contributed by atoms with E-state index in [1.165, 1.54) is 24.3 Å². The second-order valence-corrected chi connectivity index (χ2v) is 6.25. The fourth-order valence-electron chi connectivity index (χ4n) is 2.42. The molecule has 5 nitrogen and oxygen atoms in total. The molecule has 1 aliphatic heterocycles. The highest BCUT2D eigenvalue weighted by Gasteiger charge is 2.12. The summed E-state index contributed by atoms with van der Waals surface area (Å²) < 4.78 is 0. The zero-order valence-electron chi connectivity index (χ0n) is 12.2. The normalized spacial score (nSPS) is 15.2. The topological polar surface area (TPSA) is 57.6 Å². The minimum Gasteiger partial charge on any atom is -0.363 e. The third kappa shape index (κ3) is 3.71. The van der Waals surface area contributed by atoms with E-state index in [4.69, 9.17) is 0 Å². The highest BCUT2D eigenvalue weighted by Crippen LogP contribution is 2.27. The van der Waals surface area contributed by atoms with Crippen molar-refractivity contribution >= 4 is 28.5 Å². The Morgan fingerprint density at radius 1 is 1.18 bits per heavy atom. The van der Waals surface area contributed by atoms with Crippen LogP contribution in [0.25, 0.3) is 0 Å². The van der Waals surface area contributed by atoms with Crippen molar-refractivity contribution < 1.29 is 4.79 Å². The number of hydrogen-bond donors (Lipinski definition) is 1. The molecule has 1 saturated heterocycles. The Labute approximate surface area is 133 Å². The van der Waals surface area contributed by atoms with Crippen molar-refractivity contribution in [2.75, 3.05) is 18.0 Å². The minimum atomic E-state index is -0.230. The number of hydrogen-bond acceptors (Lipinski definition) is 5. The van der Waals surface area contributed by atoms with Crippen molar-refractivity contribution in [3.05, 3.63) is 47.1 Å². The molecule has 0 atom stereocenters. The Morgan fingerprint density at radius 2 is 1.95 bits per heavy atom. The van der Waals surface area contributed by atoms with E-state index < -0.39 is 0 Å². The summed E-state index contributed by atoms with van der Waals surface area (Å²) in [5.41, 5.74) is 3.08. The number of pyridine rings is 1. The molecule has 0 bridgehead atoms. The molecule has 0 aliphatic carbocycles. The third-order valence-corrected chi connectivity index (χ3v) is 4.66. The zero-order valence-corrected chi connectivity index (χ0v) is 13.1. The van der Waals surface area contributed by atoms with Crippen LogP contribution in [0.3, 0.4) is 0 Å². The van der Waals surface area contributed by atoms with E-state index in [-0.39, 0.29) is 5.91 Å². The van der Waals surface area contributed by atoms with Crippen LogP contribution in [-0.2, 0) is 0 Å². The van der Waals surface area contributed by atoms with Gasteiger partial charge >= 0.3 is 0 Å². The van der Waals surface area contributed by atoms with Crippen LogP contribution in [0.1, 0.15) is 34.5 Å². The van der Waals surface area contributed by atoms with Gasteiger partial charge in [0.2, 0.25) is 0 Å². The Hall–Kier alpha value is -2.21. The van der Waals surface area contributed by atoms with Gasteiger partial charge in [-0.1, -0.05) is 0 Å². The summed E-state index contributed by atoms with van der Waals surface area (Å²) >= 11 is 1.70. The standard InChI is InChI=1S/C16H18N4OS/c21-16(13-6-8-17-9-7-13)19-18-12-14-4-5-15(22-14)20-10-2-1-3-11-20/h4-9,12H,1-3,10-11H2,(H,19,21)/b18-12-. The molecule has 0 saturated carbocycles.